The molecule has 6 nitrogen and oxygen atoms in total. The van der Waals surface area contributed by atoms with E-state index < -0.39 is 5.91 Å². The van der Waals surface area contributed by atoms with Crippen LogP contribution in [0, 0.1) is 0 Å². The zero-order chi connectivity index (χ0) is 18.5. The molecular formula is C18H14Cl2N4O2. The van der Waals surface area contributed by atoms with Gasteiger partial charge in [0, 0.05) is 33.7 Å². The van der Waals surface area contributed by atoms with Gasteiger partial charge in [-0.1, -0.05) is 29.3 Å². The number of anilines is 3. The zero-order valence-electron chi connectivity index (χ0n) is 13.7. The van der Waals surface area contributed by atoms with Crippen LogP contribution in [0.2, 0.25) is 10.0 Å². The van der Waals surface area contributed by atoms with E-state index in [0.717, 1.165) is 5.69 Å². The highest BCUT2D eigenvalue weighted by molar-refractivity contribution is 6.35. The van der Waals surface area contributed by atoms with E-state index in [2.05, 4.69) is 20.6 Å². The Labute approximate surface area is 160 Å². The van der Waals surface area contributed by atoms with Crippen LogP contribution in [0.15, 0.2) is 54.7 Å². The summed E-state index contributed by atoms with van der Waals surface area (Å²) in [7, 11) is 1.59. The van der Waals surface area contributed by atoms with Crippen LogP contribution in [0.5, 0.6) is 5.75 Å². The van der Waals surface area contributed by atoms with E-state index in [0.29, 0.717) is 21.5 Å². The number of rotatable bonds is 5. The predicted molar refractivity (Wildman–Crippen MR) is 103 cm³/mol. The molecule has 1 heterocycles. The summed E-state index contributed by atoms with van der Waals surface area (Å²) in [6, 6.07) is 13.6. The first-order chi connectivity index (χ1) is 12.5. The number of amides is 1. The standard InChI is InChI=1S/C18H14Cl2N4O2/c1-26-15-4-2-3-13(10-15)23-18-21-6-5-16(24-18)17(25)22-14-8-11(19)7-12(20)9-14/h2-10H,1H3,(H,22,25)(H,21,23,24). The van der Waals surface area contributed by atoms with Crippen molar-refractivity contribution in [2.75, 3.05) is 17.7 Å². The first kappa shape index (κ1) is 18.0. The van der Waals surface area contributed by atoms with Crippen molar-refractivity contribution < 1.29 is 9.53 Å². The lowest BCUT2D eigenvalue weighted by molar-refractivity contribution is 0.102. The maximum absolute atomic E-state index is 12.4. The van der Waals surface area contributed by atoms with E-state index in [1.165, 1.54) is 12.3 Å². The van der Waals surface area contributed by atoms with Gasteiger partial charge in [-0.15, -0.1) is 0 Å². The summed E-state index contributed by atoms with van der Waals surface area (Å²) in [6.07, 6.45) is 1.50. The molecule has 0 spiro atoms. The van der Waals surface area contributed by atoms with Gasteiger partial charge >= 0.3 is 0 Å². The molecule has 1 amide bonds. The molecule has 0 aliphatic carbocycles. The molecule has 0 saturated carbocycles. The Balaban J connectivity index is 1.76. The molecule has 0 radical (unpaired) electrons. The minimum Gasteiger partial charge on any atom is -0.497 e. The molecule has 132 valence electrons. The second kappa shape index (κ2) is 8.03. The van der Waals surface area contributed by atoms with Crippen LogP contribution in [-0.4, -0.2) is 23.0 Å². The quantitative estimate of drug-likeness (QED) is 0.656. The largest absolute Gasteiger partial charge is 0.497 e. The molecule has 3 aromatic rings. The Kier molecular flexibility index (Phi) is 5.55. The lowest BCUT2D eigenvalue weighted by Crippen LogP contribution is -2.14. The van der Waals surface area contributed by atoms with Gasteiger partial charge in [0.25, 0.3) is 5.91 Å². The predicted octanol–water partition coefficient (Wildman–Crippen LogP) is 4.79. The minimum absolute atomic E-state index is 0.196. The number of ether oxygens (including phenoxy) is 1. The maximum atomic E-state index is 12.4. The minimum atomic E-state index is -0.403. The second-order valence-corrected chi connectivity index (χ2v) is 6.11. The van der Waals surface area contributed by atoms with E-state index in [-0.39, 0.29) is 11.6 Å². The fraction of sp³-hybridized carbons (Fsp3) is 0.0556. The molecule has 0 unspecified atom stereocenters. The molecule has 1 aromatic heterocycles. The summed E-state index contributed by atoms with van der Waals surface area (Å²) in [5, 5.41) is 6.59. The Morgan fingerprint density at radius 2 is 1.81 bits per heavy atom. The number of aromatic nitrogens is 2. The lowest BCUT2D eigenvalue weighted by Gasteiger charge is -2.09. The van der Waals surface area contributed by atoms with Crippen LogP contribution in [0.25, 0.3) is 0 Å². The van der Waals surface area contributed by atoms with Crippen LogP contribution < -0.4 is 15.4 Å². The second-order valence-electron chi connectivity index (χ2n) is 5.23. The number of nitrogens with one attached hydrogen (secondary N) is 2. The number of carbonyl (C=O) groups excluding carboxylic acids is 1. The van der Waals surface area contributed by atoms with Crippen LogP contribution in [-0.2, 0) is 0 Å². The molecule has 0 aliphatic rings. The highest BCUT2D eigenvalue weighted by Crippen LogP contribution is 2.23. The number of carbonyl (C=O) groups is 1. The third kappa shape index (κ3) is 4.62. The molecule has 0 bridgehead atoms. The Morgan fingerprint density at radius 3 is 2.54 bits per heavy atom. The third-order valence-corrected chi connectivity index (χ3v) is 3.77. The lowest BCUT2D eigenvalue weighted by atomic mass is 10.3. The van der Waals surface area contributed by atoms with Gasteiger partial charge < -0.3 is 15.4 Å². The van der Waals surface area contributed by atoms with Crippen molar-refractivity contribution in [1.82, 2.24) is 9.97 Å². The van der Waals surface area contributed by atoms with Gasteiger partial charge in [0.15, 0.2) is 0 Å². The summed E-state index contributed by atoms with van der Waals surface area (Å²) in [4.78, 5) is 20.8. The number of hydrogen-bond acceptors (Lipinski definition) is 5. The van der Waals surface area contributed by atoms with Crippen molar-refractivity contribution in [3.05, 3.63) is 70.5 Å². The number of halogens is 2. The SMILES string of the molecule is COc1cccc(Nc2nccc(C(=O)Nc3cc(Cl)cc(Cl)c3)n2)c1. The van der Waals surface area contributed by atoms with Gasteiger partial charge in [-0.05, 0) is 36.4 Å². The molecular weight excluding hydrogens is 375 g/mol. The van der Waals surface area contributed by atoms with Crippen LogP contribution in [0.3, 0.4) is 0 Å². The van der Waals surface area contributed by atoms with Gasteiger partial charge in [-0.25, -0.2) is 9.97 Å². The van der Waals surface area contributed by atoms with Gasteiger partial charge in [0.1, 0.15) is 11.4 Å². The smallest absolute Gasteiger partial charge is 0.274 e. The molecule has 2 N–H and O–H groups in total. The van der Waals surface area contributed by atoms with Gasteiger partial charge in [0.2, 0.25) is 5.95 Å². The average molecular weight is 389 g/mol. The molecule has 0 fully saturated rings. The van der Waals surface area contributed by atoms with Crippen molar-refractivity contribution in [2.24, 2.45) is 0 Å². The fourth-order valence-electron chi connectivity index (χ4n) is 2.20. The van der Waals surface area contributed by atoms with Crippen molar-refractivity contribution in [1.29, 1.82) is 0 Å². The first-order valence-electron chi connectivity index (χ1n) is 7.55. The first-order valence-corrected chi connectivity index (χ1v) is 8.30. The maximum Gasteiger partial charge on any atom is 0.274 e. The Bertz CT molecular complexity index is 930. The summed E-state index contributed by atoms with van der Waals surface area (Å²) in [5.41, 5.74) is 1.42. The van der Waals surface area contributed by atoms with Crippen molar-refractivity contribution in [3.8, 4) is 5.75 Å². The third-order valence-electron chi connectivity index (χ3n) is 3.33. The van der Waals surface area contributed by atoms with E-state index in [9.17, 15) is 4.79 Å². The van der Waals surface area contributed by atoms with Gasteiger partial charge in [-0.3, -0.25) is 4.79 Å². The van der Waals surface area contributed by atoms with E-state index in [1.54, 1.807) is 31.4 Å². The van der Waals surface area contributed by atoms with Crippen molar-refractivity contribution >= 4 is 46.4 Å². The molecule has 26 heavy (non-hydrogen) atoms. The van der Waals surface area contributed by atoms with Crippen molar-refractivity contribution in [3.63, 3.8) is 0 Å². The van der Waals surface area contributed by atoms with Crippen LogP contribution in [0.1, 0.15) is 10.5 Å². The highest BCUT2D eigenvalue weighted by atomic mass is 35.5. The normalized spacial score (nSPS) is 10.3. The van der Waals surface area contributed by atoms with Gasteiger partial charge in [0.05, 0.1) is 7.11 Å². The molecule has 0 atom stereocenters. The number of hydrogen-bond donors (Lipinski definition) is 2. The van der Waals surface area contributed by atoms with E-state index in [1.807, 2.05) is 18.2 Å². The Hall–Kier alpha value is -2.83. The van der Waals surface area contributed by atoms with Gasteiger partial charge in [-0.2, -0.15) is 0 Å². The van der Waals surface area contributed by atoms with Crippen molar-refractivity contribution in [2.45, 2.75) is 0 Å². The molecule has 0 aliphatic heterocycles. The number of nitrogens with zero attached hydrogens (tertiary/aromatic N) is 2. The Morgan fingerprint density at radius 1 is 1.04 bits per heavy atom. The number of methoxy groups -OCH3 is 1. The average Bonchev–Trinajstić information content (AvgIpc) is 2.61. The topological polar surface area (TPSA) is 76.1 Å². The van der Waals surface area contributed by atoms with E-state index in [4.69, 9.17) is 27.9 Å². The molecule has 3 rings (SSSR count). The van der Waals surface area contributed by atoms with Crippen LogP contribution >= 0.6 is 23.2 Å². The monoisotopic (exact) mass is 388 g/mol. The van der Waals surface area contributed by atoms with Crippen LogP contribution in [0.4, 0.5) is 17.3 Å². The summed E-state index contributed by atoms with van der Waals surface area (Å²) >= 11 is 11.9. The molecule has 0 saturated heterocycles. The molecule has 2 aromatic carbocycles. The summed E-state index contributed by atoms with van der Waals surface area (Å²) in [6.45, 7) is 0. The number of benzene rings is 2. The molecule has 8 heteroatoms. The zero-order valence-corrected chi connectivity index (χ0v) is 15.2. The highest BCUT2D eigenvalue weighted by Gasteiger charge is 2.10. The summed E-state index contributed by atoms with van der Waals surface area (Å²) < 4.78 is 5.17. The summed E-state index contributed by atoms with van der Waals surface area (Å²) in [5.74, 6) is 0.580. The van der Waals surface area contributed by atoms with E-state index >= 15 is 0 Å². The fourth-order valence-corrected chi connectivity index (χ4v) is 2.72.